The maximum absolute atomic E-state index is 11.8. The zero-order valence-corrected chi connectivity index (χ0v) is 12.8. The molecule has 0 aliphatic heterocycles. The molecule has 0 saturated heterocycles. The number of rotatable bonds is 3. The molecule has 0 spiro atoms. The third-order valence-corrected chi connectivity index (χ3v) is 3.61. The average Bonchev–Trinajstić information content (AvgIpc) is 3.00. The van der Waals surface area contributed by atoms with Gasteiger partial charge in [0, 0.05) is 48.7 Å². The van der Waals surface area contributed by atoms with Gasteiger partial charge in [0.15, 0.2) is 0 Å². The predicted molar refractivity (Wildman–Crippen MR) is 87.2 cm³/mol. The van der Waals surface area contributed by atoms with Crippen molar-refractivity contribution in [1.82, 2.24) is 9.97 Å². The van der Waals surface area contributed by atoms with Crippen LogP contribution in [-0.4, -0.2) is 37.1 Å². The van der Waals surface area contributed by atoms with Gasteiger partial charge in [0.25, 0.3) is 0 Å². The van der Waals surface area contributed by atoms with Crippen molar-refractivity contribution in [2.24, 2.45) is 0 Å². The van der Waals surface area contributed by atoms with E-state index in [1.807, 2.05) is 49.6 Å². The molecule has 0 aliphatic rings. The minimum Gasteiger partial charge on any atom is -0.465 e. The number of carbonyl (C=O) groups excluding carboxylic acids is 1. The lowest BCUT2D eigenvalue weighted by atomic mass is 10.0. The molecule has 3 aromatic rings. The molecule has 112 valence electrons. The van der Waals surface area contributed by atoms with Crippen molar-refractivity contribution in [3.05, 3.63) is 48.3 Å². The summed E-state index contributed by atoms with van der Waals surface area (Å²) in [6.45, 7) is 0. The van der Waals surface area contributed by atoms with Gasteiger partial charge in [0.1, 0.15) is 5.65 Å². The summed E-state index contributed by atoms with van der Waals surface area (Å²) in [6, 6.07) is 9.57. The van der Waals surface area contributed by atoms with E-state index in [0.717, 1.165) is 27.8 Å². The Morgan fingerprint density at radius 2 is 2.05 bits per heavy atom. The lowest BCUT2D eigenvalue weighted by molar-refractivity contribution is 0.0601. The smallest absolute Gasteiger partial charge is 0.337 e. The minimum absolute atomic E-state index is 0.345. The van der Waals surface area contributed by atoms with E-state index < -0.39 is 0 Å². The van der Waals surface area contributed by atoms with Crippen molar-refractivity contribution in [2.45, 2.75) is 0 Å². The molecule has 3 rings (SSSR count). The molecule has 0 aliphatic carbocycles. The molecule has 1 aromatic carbocycles. The van der Waals surface area contributed by atoms with Gasteiger partial charge in [-0.25, -0.2) is 9.78 Å². The number of aromatic nitrogens is 2. The van der Waals surface area contributed by atoms with E-state index >= 15 is 0 Å². The number of aromatic amines is 1. The summed E-state index contributed by atoms with van der Waals surface area (Å²) in [5, 5.41) is 1.03. The topological polar surface area (TPSA) is 58.2 Å². The van der Waals surface area contributed by atoms with E-state index in [9.17, 15) is 4.79 Å². The summed E-state index contributed by atoms with van der Waals surface area (Å²) in [5.41, 5.74) is 4.30. The van der Waals surface area contributed by atoms with Crippen LogP contribution in [0.3, 0.4) is 0 Å². The van der Waals surface area contributed by atoms with Crippen LogP contribution >= 0.6 is 0 Å². The van der Waals surface area contributed by atoms with Crippen LogP contribution in [0.25, 0.3) is 22.2 Å². The first-order valence-corrected chi connectivity index (χ1v) is 6.93. The standard InChI is InChI=1S/C17H17N3O2/c1-20(2)15-5-4-12(17(21)22-3)9-14(15)13-8-11-6-7-18-16(11)19-10-13/h4-10H,1-3H3,(H,18,19). The Morgan fingerprint density at radius 1 is 1.23 bits per heavy atom. The SMILES string of the molecule is COC(=O)c1ccc(N(C)C)c(-c2cnc3[nH]ccc3c2)c1. The Kier molecular flexibility index (Phi) is 3.55. The molecule has 0 atom stereocenters. The first-order valence-electron chi connectivity index (χ1n) is 6.93. The van der Waals surface area contributed by atoms with Crippen LogP contribution in [0.2, 0.25) is 0 Å². The lowest BCUT2D eigenvalue weighted by Gasteiger charge is -2.18. The van der Waals surface area contributed by atoms with Crippen molar-refractivity contribution in [3.63, 3.8) is 0 Å². The number of pyridine rings is 1. The van der Waals surface area contributed by atoms with Crippen LogP contribution in [0.15, 0.2) is 42.7 Å². The second-order valence-electron chi connectivity index (χ2n) is 5.26. The van der Waals surface area contributed by atoms with E-state index in [-0.39, 0.29) is 5.97 Å². The molecule has 0 saturated carbocycles. The summed E-state index contributed by atoms with van der Waals surface area (Å²) in [6.07, 6.45) is 3.67. The highest BCUT2D eigenvalue weighted by atomic mass is 16.5. The molecule has 22 heavy (non-hydrogen) atoms. The van der Waals surface area contributed by atoms with Gasteiger partial charge in [-0.1, -0.05) is 0 Å². The fourth-order valence-electron chi connectivity index (χ4n) is 2.49. The number of anilines is 1. The molecule has 1 N–H and O–H groups in total. The largest absolute Gasteiger partial charge is 0.465 e. The number of nitrogens with zero attached hydrogens (tertiary/aromatic N) is 2. The van der Waals surface area contributed by atoms with Gasteiger partial charge < -0.3 is 14.6 Å². The minimum atomic E-state index is -0.345. The Bertz CT molecular complexity index is 837. The summed E-state index contributed by atoms with van der Waals surface area (Å²) in [5.74, 6) is -0.345. The van der Waals surface area contributed by atoms with Gasteiger partial charge >= 0.3 is 5.97 Å². The van der Waals surface area contributed by atoms with Crippen LogP contribution in [0.1, 0.15) is 10.4 Å². The van der Waals surface area contributed by atoms with Gasteiger partial charge in [-0.2, -0.15) is 0 Å². The van der Waals surface area contributed by atoms with Crippen LogP contribution in [0.4, 0.5) is 5.69 Å². The Morgan fingerprint density at radius 3 is 2.77 bits per heavy atom. The van der Waals surface area contributed by atoms with Gasteiger partial charge in [0.2, 0.25) is 0 Å². The number of fused-ring (bicyclic) bond motifs is 1. The third-order valence-electron chi connectivity index (χ3n) is 3.61. The molecule has 0 fully saturated rings. The number of nitrogens with one attached hydrogen (secondary N) is 1. The maximum Gasteiger partial charge on any atom is 0.337 e. The van der Waals surface area contributed by atoms with E-state index in [0.29, 0.717) is 5.56 Å². The number of carbonyl (C=O) groups is 1. The number of esters is 1. The fraction of sp³-hybridized carbons (Fsp3) is 0.176. The first-order chi connectivity index (χ1) is 10.6. The molecule has 0 bridgehead atoms. The summed E-state index contributed by atoms with van der Waals surface area (Å²) in [7, 11) is 5.33. The zero-order valence-electron chi connectivity index (χ0n) is 12.8. The quantitative estimate of drug-likeness (QED) is 0.754. The molecule has 0 amide bonds. The molecular weight excluding hydrogens is 278 g/mol. The van der Waals surface area contributed by atoms with Crippen molar-refractivity contribution in [3.8, 4) is 11.1 Å². The second-order valence-corrected chi connectivity index (χ2v) is 5.26. The third kappa shape index (κ3) is 2.41. The first kappa shape index (κ1) is 14.1. The summed E-state index contributed by atoms with van der Waals surface area (Å²) < 4.78 is 4.81. The van der Waals surface area contributed by atoms with Crippen LogP contribution in [-0.2, 0) is 4.74 Å². The molecule has 5 nitrogen and oxygen atoms in total. The second kappa shape index (κ2) is 5.52. The van der Waals surface area contributed by atoms with Crippen molar-refractivity contribution in [1.29, 1.82) is 0 Å². The number of ether oxygens (including phenoxy) is 1. The molecule has 2 heterocycles. The number of hydrogen-bond donors (Lipinski definition) is 1. The van der Waals surface area contributed by atoms with Crippen LogP contribution < -0.4 is 4.90 Å². The van der Waals surface area contributed by atoms with Crippen molar-refractivity contribution >= 4 is 22.7 Å². The zero-order chi connectivity index (χ0) is 15.7. The van der Waals surface area contributed by atoms with Crippen LogP contribution in [0.5, 0.6) is 0 Å². The van der Waals surface area contributed by atoms with E-state index in [1.54, 1.807) is 6.07 Å². The van der Waals surface area contributed by atoms with E-state index in [1.165, 1.54) is 7.11 Å². The maximum atomic E-state index is 11.8. The van der Waals surface area contributed by atoms with Gasteiger partial charge in [-0.05, 0) is 30.3 Å². The van der Waals surface area contributed by atoms with Crippen molar-refractivity contribution < 1.29 is 9.53 Å². The van der Waals surface area contributed by atoms with Gasteiger partial charge in [-0.15, -0.1) is 0 Å². The summed E-state index contributed by atoms with van der Waals surface area (Å²) >= 11 is 0. The molecule has 0 radical (unpaired) electrons. The highest BCUT2D eigenvalue weighted by Crippen LogP contribution is 2.32. The van der Waals surface area contributed by atoms with Gasteiger partial charge in [-0.3, -0.25) is 0 Å². The highest BCUT2D eigenvalue weighted by Gasteiger charge is 2.13. The number of benzene rings is 1. The van der Waals surface area contributed by atoms with Crippen LogP contribution in [0, 0.1) is 0 Å². The molecular formula is C17H17N3O2. The summed E-state index contributed by atoms with van der Waals surface area (Å²) in [4.78, 5) is 21.3. The highest BCUT2D eigenvalue weighted by molar-refractivity contribution is 5.94. The Labute approximate surface area is 128 Å². The number of H-pyrrole nitrogens is 1. The normalized spacial score (nSPS) is 10.7. The Balaban J connectivity index is 2.19. The lowest BCUT2D eigenvalue weighted by Crippen LogP contribution is -2.11. The Hall–Kier alpha value is -2.82. The number of hydrogen-bond acceptors (Lipinski definition) is 4. The number of methoxy groups -OCH3 is 1. The molecule has 2 aromatic heterocycles. The monoisotopic (exact) mass is 295 g/mol. The fourth-order valence-corrected chi connectivity index (χ4v) is 2.49. The van der Waals surface area contributed by atoms with E-state index in [2.05, 4.69) is 16.0 Å². The predicted octanol–water partition coefficient (Wildman–Crippen LogP) is 3.08. The molecule has 0 unspecified atom stereocenters. The molecule has 5 heteroatoms. The van der Waals surface area contributed by atoms with Gasteiger partial charge in [0.05, 0.1) is 12.7 Å². The van der Waals surface area contributed by atoms with E-state index in [4.69, 9.17) is 4.74 Å². The average molecular weight is 295 g/mol. The van der Waals surface area contributed by atoms with Crippen molar-refractivity contribution in [2.75, 3.05) is 26.1 Å².